The van der Waals surface area contributed by atoms with Crippen molar-refractivity contribution in [2.24, 2.45) is 0 Å². The van der Waals surface area contributed by atoms with Crippen LogP contribution in [-0.2, 0) is 0 Å². The third kappa shape index (κ3) is 1.64. The van der Waals surface area contributed by atoms with Crippen molar-refractivity contribution in [1.82, 2.24) is 0 Å². The monoisotopic (exact) mass is 179 g/mol. The molecule has 1 aromatic rings. The number of aromatic hydroxyl groups is 1. The third-order valence-electron chi connectivity index (χ3n) is 1.59. The summed E-state index contributed by atoms with van der Waals surface area (Å²) in [6.07, 6.45) is 0. The van der Waals surface area contributed by atoms with Crippen molar-refractivity contribution in [2.45, 2.75) is 0 Å². The number of methoxy groups -OCH3 is 2. The van der Waals surface area contributed by atoms with Crippen molar-refractivity contribution in [3.05, 3.63) is 17.7 Å². The van der Waals surface area contributed by atoms with Gasteiger partial charge < -0.3 is 14.6 Å². The molecular formula is C9H9NO3. The van der Waals surface area contributed by atoms with Crippen LogP contribution in [0.5, 0.6) is 17.2 Å². The molecule has 0 aliphatic rings. The Morgan fingerprint density at radius 3 is 2.46 bits per heavy atom. The molecule has 0 heterocycles. The molecule has 0 unspecified atom stereocenters. The van der Waals surface area contributed by atoms with Crippen LogP contribution in [-0.4, -0.2) is 19.3 Å². The van der Waals surface area contributed by atoms with Gasteiger partial charge in [0.2, 0.25) is 5.75 Å². The van der Waals surface area contributed by atoms with Gasteiger partial charge in [-0.25, -0.2) is 0 Å². The highest BCUT2D eigenvalue weighted by molar-refractivity contribution is 5.55. The Morgan fingerprint density at radius 1 is 1.31 bits per heavy atom. The summed E-state index contributed by atoms with van der Waals surface area (Å²) in [6, 6.07) is 4.72. The molecule has 0 amide bonds. The van der Waals surface area contributed by atoms with E-state index in [4.69, 9.17) is 14.7 Å². The predicted octanol–water partition coefficient (Wildman–Crippen LogP) is 1.28. The summed E-state index contributed by atoms with van der Waals surface area (Å²) in [6.45, 7) is 0. The zero-order valence-electron chi connectivity index (χ0n) is 7.37. The van der Waals surface area contributed by atoms with E-state index in [-0.39, 0.29) is 11.5 Å². The van der Waals surface area contributed by atoms with Crippen LogP contribution in [0.3, 0.4) is 0 Å². The van der Waals surface area contributed by atoms with Gasteiger partial charge in [0, 0.05) is 12.1 Å². The van der Waals surface area contributed by atoms with Gasteiger partial charge in [-0.2, -0.15) is 5.26 Å². The van der Waals surface area contributed by atoms with Gasteiger partial charge in [0.15, 0.2) is 11.5 Å². The molecule has 0 aromatic heterocycles. The van der Waals surface area contributed by atoms with Gasteiger partial charge in [-0.15, -0.1) is 0 Å². The highest BCUT2D eigenvalue weighted by Gasteiger charge is 2.10. The molecule has 68 valence electrons. The first kappa shape index (κ1) is 9.20. The number of ether oxygens (including phenoxy) is 2. The molecule has 4 nitrogen and oxygen atoms in total. The molecule has 0 aliphatic carbocycles. The fourth-order valence-corrected chi connectivity index (χ4v) is 1.01. The van der Waals surface area contributed by atoms with Gasteiger partial charge in [0.1, 0.15) is 0 Å². The number of nitrogens with zero attached hydrogens (tertiary/aromatic N) is 1. The lowest BCUT2D eigenvalue weighted by atomic mass is 10.2. The standard InChI is InChI=1S/C9H9NO3/c1-12-8-4-6(5-10)3-7(11)9(8)13-2/h3-4,11H,1-2H3. The maximum absolute atomic E-state index is 9.38. The summed E-state index contributed by atoms with van der Waals surface area (Å²) >= 11 is 0. The molecule has 0 radical (unpaired) electrons. The predicted molar refractivity (Wildman–Crippen MR) is 45.9 cm³/mol. The van der Waals surface area contributed by atoms with Gasteiger partial charge in [0.25, 0.3) is 0 Å². The minimum absolute atomic E-state index is 0.0987. The maximum Gasteiger partial charge on any atom is 0.203 e. The van der Waals surface area contributed by atoms with Gasteiger partial charge >= 0.3 is 0 Å². The van der Waals surface area contributed by atoms with Crippen LogP contribution in [0, 0.1) is 11.3 Å². The minimum atomic E-state index is -0.0987. The molecule has 4 heteroatoms. The van der Waals surface area contributed by atoms with E-state index in [0.29, 0.717) is 11.3 Å². The van der Waals surface area contributed by atoms with Crippen molar-refractivity contribution in [1.29, 1.82) is 5.26 Å². The smallest absolute Gasteiger partial charge is 0.203 e. The molecule has 13 heavy (non-hydrogen) atoms. The van der Waals surface area contributed by atoms with E-state index in [0.717, 1.165) is 0 Å². The van der Waals surface area contributed by atoms with Crippen molar-refractivity contribution in [2.75, 3.05) is 14.2 Å². The maximum atomic E-state index is 9.38. The van der Waals surface area contributed by atoms with Crippen molar-refractivity contribution in [3.63, 3.8) is 0 Å². The SMILES string of the molecule is COc1cc(C#N)cc(O)c1OC. The summed E-state index contributed by atoms with van der Waals surface area (Å²) in [5.41, 5.74) is 0.329. The Hall–Kier alpha value is -1.89. The zero-order valence-corrected chi connectivity index (χ0v) is 7.37. The quantitative estimate of drug-likeness (QED) is 0.742. The summed E-state index contributed by atoms with van der Waals surface area (Å²) in [5.74, 6) is 0.485. The second-order valence-electron chi connectivity index (χ2n) is 2.34. The highest BCUT2D eigenvalue weighted by atomic mass is 16.5. The van der Waals surface area contributed by atoms with Gasteiger partial charge in [-0.05, 0) is 0 Å². The van der Waals surface area contributed by atoms with E-state index in [1.54, 1.807) is 0 Å². The van der Waals surface area contributed by atoms with E-state index >= 15 is 0 Å². The molecule has 0 fully saturated rings. The molecule has 0 atom stereocenters. The fourth-order valence-electron chi connectivity index (χ4n) is 1.01. The second-order valence-corrected chi connectivity index (χ2v) is 2.34. The molecule has 1 aromatic carbocycles. The Bertz CT molecular complexity index is 355. The van der Waals surface area contributed by atoms with Crippen LogP contribution < -0.4 is 9.47 Å². The fraction of sp³-hybridized carbons (Fsp3) is 0.222. The number of phenolic OH excluding ortho intramolecular Hbond substituents is 1. The normalized spacial score (nSPS) is 9.00. The van der Waals surface area contributed by atoms with Crippen molar-refractivity contribution < 1.29 is 14.6 Å². The Balaban J connectivity index is 3.31. The van der Waals surface area contributed by atoms with Gasteiger partial charge in [0.05, 0.1) is 25.9 Å². The van der Waals surface area contributed by atoms with E-state index in [2.05, 4.69) is 0 Å². The average Bonchev–Trinajstić information content (AvgIpc) is 2.16. The molecule has 0 saturated heterocycles. The highest BCUT2D eigenvalue weighted by Crippen LogP contribution is 2.36. The summed E-state index contributed by atoms with van der Waals surface area (Å²) in [4.78, 5) is 0. The van der Waals surface area contributed by atoms with Crippen molar-refractivity contribution in [3.8, 4) is 23.3 Å². The molecule has 0 spiro atoms. The first-order valence-electron chi connectivity index (χ1n) is 3.58. The first-order chi connectivity index (χ1) is 6.22. The number of benzene rings is 1. The number of hydrogen-bond donors (Lipinski definition) is 1. The lowest BCUT2D eigenvalue weighted by molar-refractivity contribution is 0.333. The Morgan fingerprint density at radius 2 is 2.00 bits per heavy atom. The average molecular weight is 179 g/mol. The molecular weight excluding hydrogens is 170 g/mol. The Kier molecular flexibility index (Phi) is 2.60. The molecule has 1 rings (SSSR count). The number of rotatable bonds is 2. The summed E-state index contributed by atoms with van der Waals surface area (Å²) < 4.78 is 9.81. The second kappa shape index (κ2) is 3.68. The molecule has 1 N–H and O–H groups in total. The lowest BCUT2D eigenvalue weighted by Gasteiger charge is -2.08. The van der Waals surface area contributed by atoms with Crippen molar-refractivity contribution >= 4 is 0 Å². The number of nitriles is 1. The largest absolute Gasteiger partial charge is 0.504 e. The van der Waals surface area contributed by atoms with Crippen LogP contribution in [0.4, 0.5) is 0 Å². The lowest BCUT2D eigenvalue weighted by Crippen LogP contribution is -1.91. The molecule has 0 saturated carbocycles. The zero-order chi connectivity index (χ0) is 9.84. The first-order valence-corrected chi connectivity index (χ1v) is 3.58. The van der Waals surface area contributed by atoms with Crippen LogP contribution >= 0.6 is 0 Å². The molecule has 0 aliphatic heterocycles. The third-order valence-corrected chi connectivity index (χ3v) is 1.59. The van der Waals surface area contributed by atoms with Gasteiger partial charge in [-0.3, -0.25) is 0 Å². The van der Waals surface area contributed by atoms with Crippen LogP contribution in [0.2, 0.25) is 0 Å². The van der Waals surface area contributed by atoms with Crippen LogP contribution in [0.25, 0.3) is 0 Å². The Labute approximate surface area is 75.9 Å². The molecule has 0 bridgehead atoms. The summed E-state index contributed by atoms with van der Waals surface area (Å²) in [5, 5.41) is 18.0. The minimum Gasteiger partial charge on any atom is -0.504 e. The van der Waals surface area contributed by atoms with Gasteiger partial charge in [-0.1, -0.05) is 0 Å². The van der Waals surface area contributed by atoms with Crippen LogP contribution in [0.1, 0.15) is 5.56 Å². The number of hydrogen-bond acceptors (Lipinski definition) is 4. The number of phenols is 1. The van der Waals surface area contributed by atoms with E-state index in [9.17, 15) is 5.11 Å². The van der Waals surface area contributed by atoms with E-state index in [1.807, 2.05) is 6.07 Å². The topological polar surface area (TPSA) is 62.5 Å². The van der Waals surface area contributed by atoms with E-state index < -0.39 is 0 Å². The van der Waals surface area contributed by atoms with Crippen LogP contribution in [0.15, 0.2) is 12.1 Å². The summed E-state index contributed by atoms with van der Waals surface area (Å²) in [7, 11) is 2.86. The van der Waals surface area contributed by atoms with E-state index in [1.165, 1.54) is 26.4 Å².